The lowest BCUT2D eigenvalue weighted by molar-refractivity contribution is 0.598. The Morgan fingerprint density at radius 2 is 0.966 bits per heavy atom. The number of fused-ring (bicyclic) bond motifs is 6. The molecule has 0 unspecified atom stereocenters. The number of nitrogen functional groups attached to an aromatic ring is 1. The molecule has 13 nitrogen and oxygen atoms in total. The third kappa shape index (κ3) is 6.71. The molecule has 10 aromatic rings. The van der Waals surface area contributed by atoms with E-state index in [4.69, 9.17) is 21.1 Å². The van der Waals surface area contributed by atoms with Gasteiger partial charge < -0.3 is 5.73 Å². The summed E-state index contributed by atoms with van der Waals surface area (Å²) >= 11 is 0. The fourth-order valence-electron chi connectivity index (χ4n) is 7.21. The zero-order valence-corrected chi connectivity index (χ0v) is 32.6. The molecule has 0 spiro atoms. The molecule has 0 aliphatic rings. The summed E-state index contributed by atoms with van der Waals surface area (Å²) < 4.78 is 30.3. The number of hydrogen-bond acceptors (Lipinski definition) is 8. The summed E-state index contributed by atoms with van der Waals surface area (Å²) in [4.78, 5) is 30.0. The Labute approximate surface area is 336 Å². The van der Waals surface area contributed by atoms with Crippen molar-refractivity contribution >= 4 is 48.9 Å². The van der Waals surface area contributed by atoms with Crippen molar-refractivity contribution < 1.29 is 8.42 Å². The Morgan fingerprint density at radius 3 is 1.44 bits per heavy atom. The number of primary sulfonamides is 1. The minimum absolute atomic E-state index is 0.0321. The van der Waals surface area contributed by atoms with E-state index < -0.39 is 10.0 Å². The smallest absolute Gasteiger partial charge is 0.261 e. The van der Waals surface area contributed by atoms with Gasteiger partial charge in [0, 0.05) is 49.1 Å². The second-order valence-corrected chi connectivity index (χ2v) is 15.6. The van der Waals surface area contributed by atoms with Crippen molar-refractivity contribution in [2.45, 2.75) is 4.90 Å². The maximum atomic E-state index is 12.9. The predicted molar refractivity (Wildman–Crippen MR) is 231 cm³/mol. The van der Waals surface area contributed by atoms with E-state index in [1.165, 1.54) is 12.1 Å². The number of anilines is 1. The van der Waals surface area contributed by atoms with Crippen LogP contribution in [0.1, 0.15) is 0 Å². The molecule has 0 bridgehead atoms. The molecule has 59 heavy (non-hydrogen) atoms. The van der Waals surface area contributed by atoms with Crippen molar-refractivity contribution in [1.82, 2.24) is 33.3 Å². The highest BCUT2D eigenvalue weighted by molar-refractivity contribution is 7.89. The van der Waals surface area contributed by atoms with Gasteiger partial charge >= 0.3 is 0 Å². The number of sulfonamides is 1. The zero-order valence-electron chi connectivity index (χ0n) is 31.8. The fourth-order valence-corrected chi connectivity index (χ4v) is 7.77. The quantitative estimate of drug-likeness (QED) is 0.194. The second kappa shape index (κ2) is 14.4. The summed E-state index contributed by atoms with van der Waals surface area (Å²) in [5, 5.41) is 15.9. The molecule has 4 N–H and O–H groups in total. The van der Waals surface area contributed by atoms with E-state index in [9.17, 15) is 18.0 Å². The monoisotopic (exact) mass is 797 g/mol. The van der Waals surface area contributed by atoms with Gasteiger partial charge in [0.25, 0.3) is 11.1 Å². The van der Waals surface area contributed by atoms with E-state index in [1.54, 1.807) is 64.3 Å². The van der Waals surface area contributed by atoms with Gasteiger partial charge in [-0.15, -0.1) is 0 Å². The average molecular weight is 798 g/mol. The van der Waals surface area contributed by atoms with Crippen molar-refractivity contribution in [3.63, 3.8) is 0 Å². The molecule has 0 atom stereocenters. The van der Waals surface area contributed by atoms with Crippen LogP contribution < -0.4 is 22.0 Å². The number of nitrogens with zero attached hydrogens (tertiary/aromatic N) is 7. The van der Waals surface area contributed by atoms with Crippen LogP contribution in [0.3, 0.4) is 0 Å². The van der Waals surface area contributed by atoms with Gasteiger partial charge in [-0.3, -0.25) is 18.7 Å². The largest absolute Gasteiger partial charge is 0.384 e. The maximum Gasteiger partial charge on any atom is 0.261 e. The molecule has 0 amide bonds. The van der Waals surface area contributed by atoms with Crippen LogP contribution in [0.4, 0.5) is 5.82 Å². The first-order chi connectivity index (χ1) is 28.4. The molecule has 290 valence electrons. The van der Waals surface area contributed by atoms with Crippen molar-refractivity contribution in [2.75, 3.05) is 5.73 Å². The molecule has 5 aromatic carbocycles. The number of benzene rings is 5. The van der Waals surface area contributed by atoms with Crippen LogP contribution >= 0.6 is 0 Å². The minimum Gasteiger partial charge on any atom is -0.384 e. The molecule has 5 aromatic heterocycles. The van der Waals surface area contributed by atoms with Gasteiger partial charge in [-0.1, -0.05) is 84.9 Å². The van der Waals surface area contributed by atoms with Crippen LogP contribution in [0.25, 0.3) is 77.9 Å². The first-order valence-corrected chi connectivity index (χ1v) is 20.0. The van der Waals surface area contributed by atoms with Gasteiger partial charge in [0.2, 0.25) is 10.0 Å². The molecular formula is C45H35N9O4S. The standard InChI is InChI=1S/C23H18N4O3S.C22H17N5O/c1-26-22-14-20(15-6-3-2-4-7-15)25-27(22)21-13-17(10-11-19(21)23(26)28)16-8-5-9-18(12-16)31(24,29)30;1-26-21-12-18(14-5-3-2-4-6-14)25-27(21)19-11-15(7-9-17(19)22(26)28)16-8-10-20(23)24-13-16/h2-14H,1H3,(H2,24,29,30);2-13H,1H3,(H2,23,24). The van der Waals surface area contributed by atoms with Crippen molar-refractivity contribution in [2.24, 2.45) is 19.2 Å². The average Bonchev–Trinajstić information content (AvgIpc) is 3.92. The third-order valence-corrected chi connectivity index (χ3v) is 11.3. The summed E-state index contributed by atoms with van der Waals surface area (Å²) in [6.45, 7) is 0. The summed E-state index contributed by atoms with van der Waals surface area (Å²) in [5.74, 6) is 0.473. The van der Waals surface area contributed by atoms with E-state index in [1.807, 2.05) is 108 Å². The van der Waals surface area contributed by atoms with Crippen LogP contribution in [0.15, 0.2) is 166 Å². The number of pyridine rings is 1. The van der Waals surface area contributed by atoms with Crippen LogP contribution in [-0.4, -0.2) is 41.8 Å². The number of aryl methyl sites for hydroxylation is 2. The summed E-state index contributed by atoms with van der Waals surface area (Å²) in [5.41, 5.74) is 15.1. The van der Waals surface area contributed by atoms with Crippen molar-refractivity contribution in [1.29, 1.82) is 0 Å². The normalized spacial score (nSPS) is 11.6. The highest BCUT2D eigenvalue weighted by Gasteiger charge is 2.16. The van der Waals surface area contributed by atoms with Crippen molar-refractivity contribution in [3.8, 4) is 44.8 Å². The van der Waals surface area contributed by atoms with Gasteiger partial charge in [-0.25, -0.2) is 27.6 Å². The van der Waals surface area contributed by atoms with Gasteiger partial charge in [0.05, 0.1) is 38.1 Å². The Bertz CT molecular complexity index is 3490. The molecule has 10 rings (SSSR count). The summed E-state index contributed by atoms with van der Waals surface area (Å²) in [6.07, 6.45) is 1.73. The molecule has 0 aliphatic heterocycles. The first kappa shape index (κ1) is 36.9. The molecule has 14 heteroatoms. The highest BCUT2D eigenvalue weighted by Crippen LogP contribution is 2.29. The number of rotatable bonds is 5. The van der Waals surface area contributed by atoms with Crippen LogP contribution in [0.2, 0.25) is 0 Å². The van der Waals surface area contributed by atoms with Gasteiger partial charge in [-0.05, 0) is 65.2 Å². The molecule has 0 saturated carbocycles. The highest BCUT2D eigenvalue weighted by atomic mass is 32.2. The molecular weight excluding hydrogens is 763 g/mol. The van der Waals surface area contributed by atoms with Crippen LogP contribution in [0, 0.1) is 0 Å². The topological polar surface area (TPSA) is 178 Å². The van der Waals surface area contributed by atoms with Crippen LogP contribution in [-0.2, 0) is 24.1 Å². The van der Waals surface area contributed by atoms with E-state index >= 15 is 0 Å². The first-order valence-electron chi connectivity index (χ1n) is 18.5. The lowest BCUT2D eigenvalue weighted by atomic mass is 10.0. The number of hydrogen-bond donors (Lipinski definition) is 2. The van der Waals surface area contributed by atoms with E-state index in [0.29, 0.717) is 33.3 Å². The lowest BCUT2D eigenvalue weighted by Crippen LogP contribution is -2.19. The Balaban J connectivity index is 0.000000153. The van der Waals surface area contributed by atoms with Gasteiger partial charge in [0.1, 0.15) is 17.1 Å². The molecule has 0 saturated heterocycles. The SMILES string of the molecule is Cn1c(=O)c2ccc(-c3ccc(N)nc3)cc2n2nc(-c3ccccc3)cc12.Cn1c(=O)c2ccc(-c3cccc(S(N)(=O)=O)c3)cc2n2nc(-c3ccccc3)cc12. The second-order valence-electron chi connectivity index (χ2n) is 14.1. The Morgan fingerprint density at radius 1 is 0.508 bits per heavy atom. The van der Waals surface area contributed by atoms with E-state index in [0.717, 1.165) is 50.4 Å². The Kier molecular flexibility index (Phi) is 8.99. The fraction of sp³-hybridized carbons (Fsp3) is 0.0444. The van der Waals surface area contributed by atoms with Gasteiger partial charge in [0.15, 0.2) is 0 Å². The van der Waals surface area contributed by atoms with Crippen molar-refractivity contribution in [3.05, 3.63) is 172 Å². The minimum atomic E-state index is -3.82. The van der Waals surface area contributed by atoms with Crippen LogP contribution in [0.5, 0.6) is 0 Å². The number of aromatic nitrogens is 7. The van der Waals surface area contributed by atoms with Gasteiger partial charge in [-0.2, -0.15) is 10.2 Å². The van der Waals surface area contributed by atoms with E-state index in [2.05, 4.69) is 4.98 Å². The lowest BCUT2D eigenvalue weighted by Gasteiger charge is -2.09. The summed E-state index contributed by atoms with van der Waals surface area (Å²) in [6, 6.07) is 44.7. The Hall–Kier alpha value is -7.68. The number of nitrogens with two attached hydrogens (primary N) is 2. The maximum absolute atomic E-state index is 12.9. The molecule has 0 fully saturated rings. The zero-order chi connectivity index (χ0) is 41.0. The summed E-state index contributed by atoms with van der Waals surface area (Å²) in [7, 11) is -0.333. The predicted octanol–water partition coefficient (Wildman–Crippen LogP) is 6.67. The molecule has 0 aliphatic carbocycles. The molecule has 5 heterocycles. The molecule has 0 radical (unpaired) electrons. The third-order valence-electron chi connectivity index (χ3n) is 10.3. The van der Waals surface area contributed by atoms with E-state index in [-0.39, 0.29) is 16.0 Å².